The van der Waals surface area contributed by atoms with Crippen LogP contribution in [-0.4, -0.2) is 23.7 Å². The van der Waals surface area contributed by atoms with Crippen molar-refractivity contribution in [3.8, 4) is 11.5 Å². The third-order valence-electron chi connectivity index (χ3n) is 6.31. The average Bonchev–Trinajstić information content (AvgIpc) is 2.90. The second kappa shape index (κ2) is 10.2. The molecular weight excluding hydrogens is 454 g/mol. The molecule has 184 valence electrons. The van der Waals surface area contributed by atoms with Gasteiger partial charge in [0.05, 0.1) is 5.52 Å². The lowest BCUT2D eigenvalue weighted by Crippen LogP contribution is -2.31. The van der Waals surface area contributed by atoms with Crippen molar-refractivity contribution in [1.82, 2.24) is 4.57 Å². The summed E-state index contributed by atoms with van der Waals surface area (Å²) in [7, 11) is 0. The van der Waals surface area contributed by atoms with Crippen molar-refractivity contribution in [2.75, 3.05) is 23.8 Å². The summed E-state index contributed by atoms with van der Waals surface area (Å²) < 4.78 is 13.0. The SMILES string of the molecule is CCc1ccc(NCc2cc3cc4c(cc3n(CC(=O)Nc3ccc(C)cc3)c2=O)OCCO4)cc1. The van der Waals surface area contributed by atoms with Crippen molar-refractivity contribution in [2.45, 2.75) is 33.4 Å². The number of hydrogen-bond acceptors (Lipinski definition) is 5. The number of carbonyl (C=O) groups excluding carboxylic acids is 1. The maximum absolute atomic E-state index is 13.6. The predicted molar refractivity (Wildman–Crippen MR) is 142 cm³/mol. The third-order valence-corrected chi connectivity index (χ3v) is 6.31. The van der Waals surface area contributed by atoms with Crippen molar-refractivity contribution in [3.05, 3.63) is 93.8 Å². The number of aryl methyl sites for hydroxylation is 2. The van der Waals surface area contributed by atoms with E-state index in [-0.39, 0.29) is 18.0 Å². The van der Waals surface area contributed by atoms with E-state index < -0.39 is 0 Å². The summed E-state index contributed by atoms with van der Waals surface area (Å²) in [5.41, 5.74) is 4.92. The fourth-order valence-electron chi connectivity index (χ4n) is 4.30. The molecule has 0 fully saturated rings. The number of nitrogens with one attached hydrogen (secondary N) is 2. The molecule has 1 aromatic heterocycles. The summed E-state index contributed by atoms with van der Waals surface area (Å²) in [6.45, 7) is 5.22. The highest BCUT2D eigenvalue weighted by Gasteiger charge is 2.18. The summed E-state index contributed by atoms with van der Waals surface area (Å²) in [5.74, 6) is 0.928. The molecule has 5 rings (SSSR count). The molecule has 7 nitrogen and oxygen atoms in total. The van der Waals surface area contributed by atoms with Gasteiger partial charge in [-0.2, -0.15) is 0 Å². The summed E-state index contributed by atoms with van der Waals surface area (Å²) in [4.78, 5) is 26.5. The second-order valence-corrected chi connectivity index (χ2v) is 8.93. The lowest BCUT2D eigenvalue weighted by Gasteiger charge is -2.21. The quantitative estimate of drug-likeness (QED) is 0.391. The molecule has 0 saturated heterocycles. The summed E-state index contributed by atoms with van der Waals surface area (Å²) in [5, 5.41) is 7.03. The van der Waals surface area contributed by atoms with Crippen LogP contribution in [0.4, 0.5) is 11.4 Å². The molecular formula is C29H29N3O4. The van der Waals surface area contributed by atoms with E-state index in [4.69, 9.17) is 9.47 Å². The number of nitrogens with zero attached hydrogens (tertiary/aromatic N) is 1. The minimum absolute atomic E-state index is 0.123. The first-order valence-electron chi connectivity index (χ1n) is 12.2. The number of amides is 1. The highest BCUT2D eigenvalue weighted by molar-refractivity contribution is 5.92. The first kappa shape index (κ1) is 23.5. The number of aromatic nitrogens is 1. The summed E-state index contributed by atoms with van der Waals surface area (Å²) in [6, 6.07) is 21.2. The lowest BCUT2D eigenvalue weighted by molar-refractivity contribution is -0.116. The smallest absolute Gasteiger partial charge is 0.256 e. The van der Waals surface area contributed by atoms with E-state index in [1.807, 2.05) is 55.5 Å². The van der Waals surface area contributed by atoms with Gasteiger partial charge in [-0.15, -0.1) is 0 Å². The van der Waals surface area contributed by atoms with Crippen molar-refractivity contribution in [1.29, 1.82) is 0 Å². The van der Waals surface area contributed by atoms with Crippen LogP contribution in [-0.2, 0) is 24.3 Å². The van der Waals surface area contributed by atoms with Crippen molar-refractivity contribution >= 4 is 28.2 Å². The van der Waals surface area contributed by atoms with Crippen molar-refractivity contribution in [3.63, 3.8) is 0 Å². The number of pyridine rings is 1. The zero-order valence-electron chi connectivity index (χ0n) is 20.5. The van der Waals surface area contributed by atoms with Crippen LogP contribution in [0.25, 0.3) is 10.9 Å². The van der Waals surface area contributed by atoms with Crippen LogP contribution >= 0.6 is 0 Å². The van der Waals surface area contributed by atoms with E-state index in [0.29, 0.717) is 48.0 Å². The molecule has 4 aromatic rings. The predicted octanol–water partition coefficient (Wildman–Crippen LogP) is 4.89. The third kappa shape index (κ3) is 5.05. The van der Waals surface area contributed by atoms with Gasteiger partial charge in [-0.1, -0.05) is 36.8 Å². The molecule has 36 heavy (non-hydrogen) atoms. The minimum atomic E-state index is -0.280. The Kier molecular flexibility index (Phi) is 6.62. The molecule has 3 aromatic carbocycles. The van der Waals surface area contributed by atoms with E-state index in [9.17, 15) is 9.59 Å². The Morgan fingerprint density at radius 2 is 1.58 bits per heavy atom. The summed E-state index contributed by atoms with van der Waals surface area (Å²) in [6.07, 6.45) is 0.969. The Morgan fingerprint density at radius 3 is 2.28 bits per heavy atom. The van der Waals surface area contributed by atoms with Gasteiger partial charge in [0.15, 0.2) is 11.5 Å². The van der Waals surface area contributed by atoms with Crippen LogP contribution in [0.5, 0.6) is 11.5 Å². The monoisotopic (exact) mass is 483 g/mol. The van der Waals surface area contributed by atoms with Crippen LogP contribution in [0.2, 0.25) is 0 Å². The number of hydrogen-bond donors (Lipinski definition) is 2. The molecule has 0 radical (unpaired) electrons. The largest absolute Gasteiger partial charge is 0.486 e. The van der Waals surface area contributed by atoms with E-state index in [1.54, 1.807) is 6.07 Å². The van der Waals surface area contributed by atoms with Gasteiger partial charge < -0.3 is 20.1 Å². The molecule has 1 amide bonds. The maximum atomic E-state index is 13.6. The highest BCUT2D eigenvalue weighted by atomic mass is 16.6. The molecule has 0 saturated carbocycles. The molecule has 7 heteroatoms. The fourth-order valence-corrected chi connectivity index (χ4v) is 4.30. The van der Waals surface area contributed by atoms with Crippen LogP contribution in [0.3, 0.4) is 0 Å². The zero-order chi connectivity index (χ0) is 25.1. The standard InChI is InChI=1S/C29H29N3O4/c1-3-20-6-10-23(11-7-20)30-17-22-14-21-15-26-27(36-13-12-35-26)16-25(21)32(29(22)34)18-28(33)31-24-8-4-19(2)5-9-24/h4-11,14-16,30H,3,12-13,17-18H2,1-2H3,(H,31,33). The lowest BCUT2D eigenvalue weighted by atomic mass is 10.1. The molecule has 0 bridgehead atoms. The van der Waals surface area contributed by atoms with E-state index in [1.165, 1.54) is 10.1 Å². The Hall–Kier alpha value is -4.26. The molecule has 1 aliphatic heterocycles. The zero-order valence-corrected chi connectivity index (χ0v) is 20.5. The maximum Gasteiger partial charge on any atom is 0.256 e. The van der Waals surface area contributed by atoms with Crippen LogP contribution in [0.1, 0.15) is 23.6 Å². The van der Waals surface area contributed by atoms with E-state index in [2.05, 4.69) is 29.7 Å². The number of ether oxygens (including phenoxy) is 2. The number of carbonyl (C=O) groups is 1. The number of benzene rings is 3. The molecule has 0 aliphatic carbocycles. The highest BCUT2D eigenvalue weighted by Crippen LogP contribution is 2.34. The first-order chi connectivity index (χ1) is 17.5. The molecule has 0 unspecified atom stereocenters. The van der Waals surface area contributed by atoms with E-state index >= 15 is 0 Å². The Labute approximate surface area is 209 Å². The van der Waals surface area contributed by atoms with Gasteiger partial charge in [0.2, 0.25) is 5.91 Å². The van der Waals surface area contributed by atoms with Gasteiger partial charge in [0.1, 0.15) is 19.8 Å². The minimum Gasteiger partial charge on any atom is -0.486 e. The Bertz CT molecular complexity index is 1460. The van der Waals surface area contributed by atoms with Gasteiger partial charge in [-0.05, 0) is 55.3 Å². The number of fused-ring (bicyclic) bond motifs is 2. The molecule has 1 aliphatic rings. The van der Waals surface area contributed by atoms with Gasteiger partial charge in [0.25, 0.3) is 5.56 Å². The molecule has 2 N–H and O–H groups in total. The van der Waals surface area contributed by atoms with Gasteiger partial charge in [-0.25, -0.2) is 0 Å². The average molecular weight is 484 g/mol. The normalized spacial score (nSPS) is 12.4. The fraction of sp³-hybridized carbons (Fsp3) is 0.241. The van der Waals surface area contributed by atoms with Crippen LogP contribution in [0.15, 0.2) is 71.5 Å². The van der Waals surface area contributed by atoms with Crippen molar-refractivity contribution in [2.24, 2.45) is 0 Å². The van der Waals surface area contributed by atoms with Crippen molar-refractivity contribution < 1.29 is 14.3 Å². The van der Waals surface area contributed by atoms with Gasteiger partial charge >= 0.3 is 0 Å². The van der Waals surface area contributed by atoms with Gasteiger partial charge in [-0.3, -0.25) is 14.2 Å². The Balaban J connectivity index is 1.48. The molecule has 2 heterocycles. The van der Waals surface area contributed by atoms with E-state index in [0.717, 1.165) is 23.1 Å². The topological polar surface area (TPSA) is 81.6 Å². The second-order valence-electron chi connectivity index (χ2n) is 8.93. The molecule has 0 atom stereocenters. The summed E-state index contributed by atoms with van der Waals surface area (Å²) >= 11 is 0. The number of anilines is 2. The first-order valence-corrected chi connectivity index (χ1v) is 12.2. The van der Waals surface area contributed by atoms with Crippen LogP contribution in [0, 0.1) is 6.92 Å². The molecule has 0 spiro atoms. The Morgan fingerprint density at radius 1 is 0.917 bits per heavy atom. The van der Waals surface area contributed by atoms with Crippen LogP contribution < -0.4 is 25.7 Å². The van der Waals surface area contributed by atoms with Gasteiger partial charge in [0, 0.05) is 34.9 Å². The number of rotatable bonds is 7.